The quantitative estimate of drug-likeness (QED) is 0.693. The van der Waals surface area contributed by atoms with Gasteiger partial charge in [0.05, 0.1) is 6.61 Å². The Labute approximate surface area is 122 Å². The van der Waals surface area contributed by atoms with Crippen LogP contribution >= 0.6 is 0 Å². The van der Waals surface area contributed by atoms with Gasteiger partial charge in [-0.1, -0.05) is 36.4 Å². The molecular weight excluding hydrogens is 250 g/mol. The molecule has 1 aromatic carbocycles. The van der Waals surface area contributed by atoms with Gasteiger partial charge >= 0.3 is 6.09 Å². The zero-order chi connectivity index (χ0) is 14.6. The lowest BCUT2D eigenvalue weighted by Crippen LogP contribution is -2.29. The summed E-state index contributed by atoms with van der Waals surface area (Å²) in [6, 6.07) is 10.5. The SMILES string of the molecule is C=CC[C@@H](CCCc1ccccc1)CNC(=O)OCC. The summed E-state index contributed by atoms with van der Waals surface area (Å²) in [4.78, 5) is 11.3. The second-order valence-corrected chi connectivity index (χ2v) is 4.87. The average Bonchev–Trinajstić information content (AvgIpc) is 2.46. The lowest BCUT2D eigenvalue weighted by Gasteiger charge is -2.15. The number of alkyl carbamates (subject to hydrolysis) is 1. The van der Waals surface area contributed by atoms with Crippen molar-refractivity contribution in [3.05, 3.63) is 48.6 Å². The largest absolute Gasteiger partial charge is 0.450 e. The summed E-state index contributed by atoms with van der Waals surface area (Å²) in [6.07, 6.45) is 5.78. The van der Waals surface area contributed by atoms with Crippen molar-refractivity contribution in [3.8, 4) is 0 Å². The number of carbonyl (C=O) groups excluding carboxylic acids is 1. The predicted octanol–water partition coefficient (Wildman–Crippen LogP) is 3.95. The van der Waals surface area contributed by atoms with Crippen LogP contribution in [0, 0.1) is 5.92 Å². The van der Waals surface area contributed by atoms with Crippen molar-refractivity contribution in [1.29, 1.82) is 0 Å². The molecular formula is C17H25NO2. The van der Waals surface area contributed by atoms with Gasteiger partial charge in [0.25, 0.3) is 0 Å². The molecule has 1 aromatic rings. The molecule has 1 rings (SSSR count). The van der Waals surface area contributed by atoms with Crippen LogP contribution in [0.1, 0.15) is 31.7 Å². The third-order valence-corrected chi connectivity index (χ3v) is 3.23. The molecule has 20 heavy (non-hydrogen) atoms. The van der Waals surface area contributed by atoms with E-state index in [1.165, 1.54) is 5.56 Å². The number of allylic oxidation sites excluding steroid dienone is 1. The lowest BCUT2D eigenvalue weighted by molar-refractivity contribution is 0.150. The van der Waals surface area contributed by atoms with Gasteiger partial charge < -0.3 is 10.1 Å². The maximum atomic E-state index is 11.3. The number of hydrogen-bond acceptors (Lipinski definition) is 2. The Hall–Kier alpha value is -1.77. The molecule has 0 radical (unpaired) electrons. The smallest absolute Gasteiger partial charge is 0.407 e. The monoisotopic (exact) mass is 275 g/mol. The Morgan fingerprint density at radius 3 is 2.80 bits per heavy atom. The minimum atomic E-state index is -0.329. The fraction of sp³-hybridized carbons (Fsp3) is 0.471. The molecule has 1 N–H and O–H groups in total. The molecule has 0 fully saturated rings. The van der Waals surface area contributed by atoms with Crippen molar-refractivity contribution in [1.82, 2.24) is 5.32 Å². The minimum Gasteiger partial charge on any atom is -0.450 e. The van der Waals surface area contributed by atoms with Gasteiger partial charge in [-0.25, -0.2) is 4.79 Å². The van der Waals surface area contributed by atoms with E-state index in [2.05, 4.69) is 36.2 Å². The summed E-state index contributed by atoms with van der Waals surface area (Å²) >= 11 is 0. The maximum absolute atomic E-state index is 11.3. The molecule has 110 valence electrons. The number of carbonyl (C=O) groups is 1. The van der Waals surface area contributed by atoms with Gasteiger partial charge in [-0.05, 0) is 44.1 Å². The van der Waals surface area contributed by atoms with E-state index in [1.807, 2.05) is 12.1 Å². The second-order valence-electron chi connectivity index (χ2n) is 4.87. The maximum Gasteiger partial charge on any atom is 0.407 e. The number of benzene rings is 1. The molecule has 0 saturated heterocycles. The van der Waals surface area contributed by atoms with Gasteiger partial charge in [-0.2, -0.15) is 0 Å². The molecule has 0 aromatic heterocycles. The molecule has 1 atom stereocenters. The predicted molar refractivity (Wildman–Crippen MR) is 82.7 cm³/mol. The van der Waals surface area contributed by atoms with Crippen molar-refractivity contribution in [2.24, 2.45) is 5.92 Å². The zero-order valence-electron chi connectivity index (χ0n) is 12.3. The normalized spacial score (nSPS) is 11.7. The third kappa shape index (κ3) is 6.98. The first-order valence-electron chi connectivity index (χ1n) is 7.31. The molecule has 3 nitrogen and oxygen atoms in total. The van der Waals surface area contributed by atoms with E-state index in [0.29, 0.717) is 19.1 Å². The number of aryl methyl sites for hydroxylation is 1. The van der Waals surface area contributed by atoms with Gasteiger partial charge in [0.2, 0.25) is 0 Å². The third-order valence-electron chi connectivity index (χ3n) is 3.23. The fourth-order valence-corrected chi connectivity index (χ4v) is 2.19. The number of hydrogen-bond donors (Lipinski definition) is 1. The minimum absolute atomic E-state index is 0.329. The van der Waals surface area contributed by atoms with Crippen LogP contribution in [0.2, 0.25) is 0 Å². The molecule has 3 heteroatoms. The highest BCUT2D eigenvalue weighted by Gasteiger charge is 2.09. The van der Waals surface area contributed by atoms with Crippen LogP contribution < -0.4 is 5.32 Å². The topological polar surface area (TPSA) is 38.3 Å². The van der Waals surface area contributed by atoms with Gasteiger partial charge in [0, 0.05) is 6.54 Å². The van der Waals surface area contributed by atoms with Gasteiger partial charge in [-0.15, -0.1) is 6.58 Å². The van der Waals surface area contributed by atoms with E-state index >= 15 is 0 Å². The van der Waals surface area contributed by atoms with Gasteiger partial charge in [0.1, 0.15) is 0 Å². The van der Waals surface area contributed by atoms with E-state index < -0.39 is 0 Å². The van der Waals surface area contributed by atoms with Crippen molar-refractivity contribution in [2.75, 3.05) is 13.2 Å². The first-order chi connectivity index (χ1) is 9.76. The molecule has 0 aliphatic heterocycles. The Balaban J connectivity index is 2.27. The number of nitrogens with one attached hydrogen (secondary N) is 1. The van der Waals surface area contributed by atoms with E-state index in [4.69, 9.17) is 4.74 Å². The van der Waals surface area contributed by atoms with Crippen LogP contribution in [0.4, 0.5) is 4.79 Å². The van der Waals surface area contributed by atoms with Crippen molar-refractivity contribution >= 4 is 6.09 Å². The highest BCUT2D eigenvalue weighted by Crippen LogP contribution is 2.14. The summed E-state index contributed by atoms with van der Waals surface area (Å²) in [7, 11) is 0. The second kappa shape index (κ2) is 10.1. The molecule has 0 saturated carbocycles. The van der Waals surface area contributed by atoms with Crippen LogP contribution in [0.15, 0.2) is 43.0 Å². The summed E-state index contributed by atoms with van der Waals surface area (Å²) < 4.78 is 4.87. The highest BCUT2D eigenvalue weighted by molar-refractivity contribution is 5.66. The van der Waals surface area contributed by atoms with Gasteiger partial charge in [-0.3, -0.25) is 0 Å². The van der Waals surface area contributed by atoms with E-state index in [0.717, 1.165) is 25.7 Å². The highest BCUT2D eigenvalue weighted by atomic mass is 16.5. The molecule has 0 aliphatic carbocycles. The molecule has 0 aliphatic rings. The molecule has 0 bridgehead atoms. The number of rotatable bonds is 9. The van der Waals surface area contributed by atoms with Crippen molar-refractivity contribution < 1.29 is 9.53 Å². The van der Waals surface area contributed by atoms with Crippen LogP contribution in [-0.2, 0) is 11.2 Å². The Morgan fingerprint density at radius 2 is 2.15 bits per heavy atom. The average molecular weight is 275 g/mol. The van der Waals surface area contributed by atoms with Crippen molar-refractivity contribution in [2.45, 2.75) is 32.6 Å². The van der Waals surface area contributed by atoms with Crippen LogP contribution in [-0.4, -0.2) is 19.2 Å². The fourth-order valence-electron chi connectivity index (χ4n) is 2.19. The Bertz CT molecular complexity index is 389. The van der Waals surface area contributed by atoms with Crippen LogP contribution in [0.3, 0.4) is 0 Å². The lowest BCUT2D eigenvalue weighted by atomic mass is 9.96. The van der Waals surface area contributed by atoms with Crippen LogP contribution in [0.25, 0.3) is 0 Å². The summed E-state index contributed by atoms with van der Waals surface area (Å²) in [6.45, 7) is 6.65. The van der Waals surface area contributed by atoms with E-state index in [-0.39, 0.29) is 6.09 Å². The van der Waals surface area contributed by atoms with Gasteiger partial charge in [0.15, 0.2) is 0 Å². The number of amides is 1. The first kappa shape index (κ1) is 16.3. The summed E-state index contributed by atoms with van der Waals surface area (Å²) in [5, 5.41) is 2.81. The Kier molecular flexibility index (Phi) is 8.20. The number of ether oxygens (including phenoxy) is 1. The molecule has 1 amide bonds. The molecule has 0 heterocycles. The Morgan fingerprint density at radius 1 is 1.40 bits per heavy atom. The summed E-state index contributed by atoms with van der Waals surface area (Å²) in [5.74, 6) is 0.431. The van der Waals surface area contributed by atoms with E-state index in [1.54, 1.807) is 6.92 Å². The van der Waals surface area contributed by atoms with E-state index in [9.17, 15) is 4.79 Å². The standard InChI is InChI=1S/C17H25NO2/c1-3-9-16(14-18-17(19)20-4-2)13-8-12-15-10-6-5-7-11-15/h3,5-7,10-11,16H,1,4,8-9,12-14H2,2H3,(H,18,19)/t16-/m0/s1. The van der Waals surface area contributed by atoms with Crippen molar-refractivity contribution in [3.63, 3.8) is 0 Å². The molecule has 0 unspecified atom stereocenters. The van der Waals surface area contributed by atoms with Crippen LogP contribution in [0.5, 0.6) is 0 Å². The molecule has 0 spiro atoms. The zero-order valence-corrected chi connectivity index (χ0v) is 12.3. The summed E-state index contributed by atoms with van der Waals surface area (Å²) in [5.41, 5.74) is 1.36. The first-order valence-corrected chi connectivity index (χ1v) is 7.31.